The van der Waals surface area contributed by atoms with E-state index in [1.165, 1.54) is 50.8 Å². The molecule has 1 nitrogen and oxygen atoms in total. The van der Waals surface area contributed by atoms with Gasteiger partial charge >= 0.3 is 0 Å². The molecule has 1 fully saturated rings. The van der Waals surface area contributed by atoms with Gasteiger partial charge in [0, 0.05) is 6.04 Å². The van der Waals surface area contributed by atoms with E-state index in [-0.39, 0.29) is 0 Å². The zero-order valence-electron chi connectivity index (χ0n) is 11.3. The van der Waals surface area contributed by atoms with Crippen molar-refractivity contribution < 1.29 is 0 Å². The van der Waals surface area contributed by atoms with Gasteiger partial charge in [0.1, 0.15) is 0 Å². The van der Waals surface area contributed by atoms with Crippen LogP contribution in [-0.4, -0.2) is 24.6 Å². The second-order valence-corrected chi connectivity index (χ2v) is 6.50. The Hall–Kier alpha value is 0.310. The maximum absolute atomic E-state index is 3.76. The average Bonchev–Trinajstić information content (AvgIpc) is 2.26. The maximum atomic E-state index is 3.76. The Bertz CT molecular complexity index is 172. The standard InChI is InChI=1S/C14H29NS/c1-12-7-8-14(13(2)11-12)15-9-5-4-6-10-16-3/h12-15H,4-11H2,1-3H3. The maximum Gasteiger partial charge on any atom is 0.00928 e. The summed E-state index contributed by atoms with van der Waals surface area (Å²) in [4.78, 5) is 0. The Morgan fingerprint density at radius 3 is 2.62 bits per heavy atom. The Morgan fingerprint density at radius 2 is 1.94 bits per heavy atom. The summed E-state index contributed by atoms with van der Waals surface area (Å²) in [6, 6.07) is 0.803. The van der Waals surface area contributed by atoms with Crippen LogP contribution in [0.5, 0.6) is 0 Å². The molecule has 1 saturated carbocycles. The minimum Gasteiger partial charge on any atom is -0.314 e. The molecule has 2 heteroatoms. The highest BCUT2D eigenvalue weighted by molar-refractivity contribution is 7.98. The number of nitrogens with one attached hydrogen (secondary N) is 1. The molecule has 1 rings (SSSR count). The van der Waals surface area contributed by atoms with E-state index in [0.29, 0.717) is 0 Å². The molecule has 0 aromatic carbocycles. The molecule has 0 aromatic rings. The quantitative estimate of drug-likeness (QED) is 0.680. The second-order valence-electron chi connectivity index (χ2n) is 5.51. The smallest absolute Gasteiger partial charge is 0.00928 e. The Morgan fingerprint density at radius 1 is 1.12 bits per heavy atom. The minimum atomic E-state index is 0.803. The molecular weight excluding hydrogens is 214 g/mol. The summed E-state index contributed by atoms with van der Waals surface area (Å²) in [5.74, 6) is 3.17. The summed E-state index contributed by atoms with van der Waals surface area (Å²) in [5.41, 5.74) is 0. The lowest BCUT2D eigenvalue weighted by atomic mass is 9.80. The van der Waals surface area contributed by atoms with Crippen molar-refractivity contribution in [3.63, 3.8) is 0 Å². The molecule has 0 bridgehead atoms. The summed E-state index contributed by atoms with van der Waals surface area (Å²) < 4.78 is 0. The third kappa shape index (κ3) is 5.58. The lowest BCUT2D eigenvalue weighted by molar-refractivity contribution is 0.228. The molecule has 1 N–H and O–H groups in total. The number of hydrogen-bond donors (Lipinski definition) is 1. The zero-order valence-corrected chi connectivity index (χ0v) is 12.1. The minimum absolute atomic E-state index is 0.803. The van der Waals surface area contributed by atoms with Crippen molar-refractivity contribution in [3.8, 4) is 0 Å². The summed E-state index contributed by atoms with van der Waals surface area (Å²) >= 11 is 1.97. The van der Waals surface area contributed by atoms with Gasteiger partial charge in [-0.25, -0.2) is 0 Å². The highest BCUT2D eigenvalue weighted by Crippen LogP contribution is 2.28. The fourth-order valence-corrected chi connectivity index (χ4v) is 3.30. The molecule has 0 aliphatic heterocycles. The number of thioether (sulfide) groups is 1. The molecule has 96 valence electrons. The molecule has 16 heavy (non-hydrogen) atoms. The molecule has 3 unspecified atom stereocenters. The van der Waals surface area contributed by atoms with E-state index in [0.717, 1.165) is 17.9 Å². The third-order valence-corrected chi connectivity index (χ3v) is 4.56. The predicted octanol–water partition coefficient (Wildman–Crippen LogP) is 3.93. The number of rotatable bonds is 7. The molecular formula is C14H29NS. The van der Waals surface area contributed by atoms with Crippen LogP contribution < -0.4 is 5.32 Å². The molecule has 0 amide bonds. The largest absolute Gasteiger partial charge is 0.314 e. The molecule has 1 aliphatic carbocycles. The van der Waals surface area contributed by atoms with Gasteiger partial charge in [-0.15, -0.1) is 0 Å². The van der Waals surface area contributed by atoms with E-state index in [1.54, 1.807) is 0 Å². The lowest BCUT2D eigenvalue weighted by Gasteiger charge is -2.33. The van der Waals surface area contributed by atoms with Crippen molar-refractivity contribution in [1.29, 1.82) is 0 Å². The number of unbranched alkanes of at least 4 members (excludes halogenated alkanes) is 2. The van der Waals surface area contributed by atoms with Crippen LogP contribution in [0.3, 0.4) is 0 Å². The normalized spacial score (nSPS) is 30.6. The van der Waals surface area contributed by atoms with Crippen molar-refractivity contribution in [3.05, 3.63) is 0 Å². The first-order chi connectivity index (χ1) is 7.74. The van der Waals surface area contributed by atoms with Crippen molar-refractivity contribution in [2.24, 2.45) is 11.8 Å². The van der Waals surface area contributed by atoms with E-state index in [1.807, 2.05) is 11.8 Å². The van der Waals surface area contributed by atoms with Crippen molar-refractivity contribution >= 4 is 11.8 Å². The number of hydrogen-bond acceptors (Lipinski definition) is 2. The van der Waals surface area contributed by atoms with Gasteiger partial charge in [0.25, 0.3) is 0 Å². The van der Waals surface area contributed by atoms with Crippen molar-refractivity contribution in [1.82, 2.24) is 5.32 Å². The summed E-state index contributed by atoms with van der Waals surface area (Å²) in [6.07, 6.45) is 10.6. The topological polar surface area (TPSA) is 12.0 Å². The van der Waals surface area contributed by atoms with Gasteiger partial charge in [-0.2, -0.15) is 11.8 Å². The lowest BCUT2D eigenvalue weighted by Crippen LogP contribution is -2.39. The molecule has 0 aromatic heterocycles. The van der Waals surface area contributed by atoms with Crippen LogP contribution in [0.15, 0.2) is 0 Å². The molecule has 0 saturated heterocycles. The van der Waals surface area contributed by atoms with Gasteiger partial charge in [-0.05, 0) is 62.5 Å². The fourth-order valence-electron chi connectivity index (χ4n) is 2.80. The molecule has 0 heterocycles. The Balaban J connectivity index is 2.00. The van der Waals surface area contributed by atoms with Crippen LogP contribution in [0, 0.1) is 11.8 Å². The highest BCUT2D eigenvalue weighted by Gasteiger charge is 2.24. The van der Waals surface area contributed by atoms with E-state index in [2.05, 4.69) is 25.4 Å². The zero-order chi connectivity index (χ0) is 11.8. The van der Waals surface area contributed by atoms with Crippen LogP contribution in [0.25, 0.3) is 0 Å². The van der Waals surface area contributed by atoms with Crippen LogP contribution in [-0.2, 0) is 0 Å². The first-order valence-corrected chi connectivity index (χ1v) is 8.35. The summed E-state index contributed by atoms with van der Waals surface area (Å²) in [5, 5.41) is 3.76. The van der Waals surface area contributed by atoms with Crippen LogP contribution in [0.1, 0.15) is 52.4 Å². The molecule has 0 spiro atoms. The van der Waals surface area contributed by atoms with E-state index >= 15 is 0 Å². The van der Waals surface area contributed by atoms with E-state index in [9.17, 15) is 0 Å². The Kier molecular flexibility index (Phi) is 7.55. The monoisotopic (exact) mass is 243 g/mol. The summed E-state index contributed by atoms with van der Waals surface area (Å²) in [7, 11) is 0. The fraction of sp³-hybridized carbons (Fsp3) is 1.00. The van der Waals surface area contributed by atoms with Crippen LogP contribution >= 0.6 is 11.8 Å². The van der Waals surface area contributed by atoms with Gasteiger partial charge in [-0.3, -0.25) is 0 Å². The van der Waals surface area contributed by atoms with Gasteiger partial charge in [-0.1, -0.05) is 20.3 Å². The van der Waals surface area contributed by atoms with Crippen molar-refractivity contribution in [2.75, 3.05) is 18.6 Å². The first-order valence-electron chi connectivity index (χ1n) is 6.96. The van der Waals surface area contributed by atoms with Crippen LogP contribution in [0.2, 0.25) is 0 Å². The first kappa shape index (κ1) is 14.4. The highest BCUT2D eigenvalue weighted by atomic mass is 32.2. The van der Waals surface area contributed by atoms with Crippen molar-refractivity contribution in [2.45, 2.75) is 58.4 Å². The van der Waals surface area contributed by atoms with Gasteiger partial charge in [0.15, 0.2) is 0 Å². The molecule has 0 radical (unpaired) electrons. The van der Waals surface area contributed by atoms with E-state index < -0.39 is 0 Å². The predicted molar refractivity (Wildman–Crippen MR) is 76.2 cm³/mol. The molecule has 3 atom stereocenters. The SMILES string of the molecule is CSCCCCCNC1CCC(C)CC1C. The van der Waals surface area contributed by atoms with Crippen LogP contribution in [0.4, 0.5) is 0 Å². The Labute approximate surface area is 106 Å². The average molecular weight is 243 g/mol. The second kappa shape index (κ2) is 8.41. The third-order valence-electron chi connectivity index (χ3n) is 3.86. The molecule has 1 aliphatic rings. The van der Waals surface area contributed by atoms with Gasteiger partial charge < -0.3 is 5.32 Å². The van der Waals surface area contributed by atoms with Gasteiger partial charge in [0.05, 0.1) is 0 Å². The summed E-state index contributed by atoms with van der Waals surface area (Å²) in [6.45, 7) is 6.05. The van der Waals surface area contributed by atoms with E-state index in [4.69, 9.17) is 0 Å². The van der Waals surface area contributed by atoms with Gasteiger partial charge in [0.2, 0.25) is 0 Å².